The summed E-state index contributed by atoms with van der Waals surface area (Å²) in [7, 11) is 0. The number of halogens is 1. The summed E-state index contributed by atoms with van der Waals surface area (Å²) in [5, 5.41) is 0.638. The Morgan fingerprint density at radius 2 is 2.23 bits per heavy atom. The molecule has 0 aliphatic rings. The van der Waals surface area contributed by atoms with Gasteiger partial charge in [0.1, 0.15) is 11.9 Å². The van der Waals surface area contributed by atoms with E-state index in [1.807, 2.05) is 32.0 Å². The lowest BCUT2D eigenvalue weighted by Crippen LogP contribution is -2.07. The van der Waals surface area contributed by atoms with E-state index in [9.17, 15) is 0 Å². The van der Waals surface area contributed by atoms with Crippen molar-refractivity contribution >= 4 is 11.6 Å². The first kappa shape index (κ1) is 10.1. The second kappa shape index (κ2) is 4.33. The predicted molar refractivity (Wildman–Crippen MR) is 56.5 cm³/mol. The first-order valence-corrected chi connectivity index (χ1v) is 4.56. The fraction of sp³-hybridized carbons (Fsp3) is 0.273. The van der Waals surface area contributed by atoms with Gasteiger partial charge in [0.15, 0.2) is 0 Å². The molecule has 1 rings (SSSR count). The summed E-state index contributed by atoms with van der Waals surface area (Å²) >= 11 is 5.94. The number of rotatable bonds is 3. The first-order chi connectivity index (χ1) is 6.13. The van der Waals surface area contributed by atoms with Crippen LogP contribution >= 0.6 is 11.6 Å². The Morgan fingerprint density at radius 3 is 2.85 bits per heavy atom. The largest absolute Gasteiger partial charge is 0.485 e. The summed E-state index contributed by atoms with van der Waals surface area (Å²) in [5.41, 5.74) is 1.13. The van der Waals surface area contributed by atoms with Gasteiger partial charge in [0, 0.05) is 0 Å². The second-order valence-electron chi connectivity index (χ2n) is 2.99. The van der Waals surface area contributed by atoms with Gasteiger partial charge in [-0.2, -0.15) is 0 Å². The highest BCUT2D eigenvalue weighted by atomic mass is 35.5. The van der Waals surface area contributed by atoms with Crippen LogP contribution in [0.4, 0.5) is 0 Å². The Balaban J connectivity index is 2.86. The molecule has 70 valence electrons. The lowest BCUT2D eigenvalue weighted by atomic mass is 10.2. The molecule has 0 heterocycles. The molecule has 13 heavy (non-hydrogen) atoms. The minimum absolute atomic E-state index is 0.0145. The van der Waals surface area contributed by atoms with Crippen molar-refractivity contribution in [2.75, 3.05) is 0 Å². The summed E-state index contributed by atoms with van der Waals surface area (Å²) in [6.07, 6.45) is 1.72. The van der Waals surface area contributed by atoms with E-state index in [0.29, 0.717) is 10.8 Å². The zero-order chi connectivity index (χ0) is 9.84. The molecule has 0 fully saturated rings. The molecule has 0 radical (unpaired) electrons. The third-order valence-electron chi connectivity index (χ3n) is 1.73. The zero-order valence-corrected chi connectivity index (χ0v) is 8.64. The highest BCUT2D eigenvalue weighted by Gasteiger charge is 2.03. The summed E-state index contributed by atoms with van der Waals surface area (Å²) in [5.74, 6) is 0.717. The molecule has 0 aliphatic heterocycles. The molecule has 0 saturated heterocycles. The summed E-state index contributed by atoms with van der Waals surface area (Å²) < 4.78 is 5.53. The van der Waals surface area contributed by atoms with Crippen LogP contribution in [0.5, 0.6) is 5.75 Å². The fourth-order valence-electron chi connectivity index (χ4n) is 0.949. The molecule has 0 N–H and O–H groups in total. The van der Waals surface area contributed by atoms with Gasteiger partial charge in [-0.1, -0.05) is 30.3 Å². The normalized spacial score (nSPS) is 12.2. The molecule has 0 saturated carbocycles. The van der Waals surface area contributed by atoms with Crippen LogP contribution in [0.3, 0.4) is 0 Å². The highest BCUT2D eigenvalue weighted by molar-refractivity contribution is 6.32. The van der Waals surface area contributed by atoms with Crippen molar-refractivity contribution in [3.63, 3.8) is 0 Å². The summed E-state index contributed by atoms with van der Waals surface area (Å²) in [6, 6.07) is 5.71. The maximum absolute atomic E-state index is 5.94. The van der Waals surface area contributed by atoms with E-state index in [2.05, 4.69) is 6.58 Å². The zero-order valence-electron chi connectivity index (χ0n) is 7.88. The number of aryl methyl sites for hydroxylation is 1. The summed E-state index contributed by atoms with van der Waals surface area (Å²) in [6.45, 7) is 7.56. The van der Waals surface area contributed by atoms with Gasteiger partial charge >= 0.3 is 0 Å². The average molecular weight is 197 g/mol. The van der Waals surface area contributed by atoms with E-state index < -0.39 is 0 Å². The van der Waals surface area contributed by atoms with Crippen molar-refractivity contribution in [3.8, 4) is 5.75 Å². The Morgan fingerprint density at radius 1 is 1.54 bits per heavy atom. The maximum atomic E-state index is 5.94. The van der Waals surface area contributed by atoms with E-state index in [0.717, 1.165) is 5.56 Å². The van der Waals surface area contributed by atoms with Crippen molar-refractivity contribution < 1.29 is 4.74 Å². The van der Waals surface area contributed by atoms with Crippen LogP contribution < -0.4 is 4.74 Å². The molecule has 1 nitrogen and oxygen atoms in total. The molecule has 1 aromatic rings. The molecule has 0 amide bonds. The van der Waals surface area contributed by atoms with Crippen molar-refractivity contribution in [3.05, 3.63) is 41.4 Å². The van der Waals surface area contributed by atoms with Crippen molar-refractivity contribution in [1.29, 1.82) is 0 Å². The number of hydrogen-bond donors (Lipinski definition) is 0. The van der Waals surface area contributed by atoms with Crippen molar-refractivity contribution in [2.45, 2.75) is 20.0 Å². The van der Waals surface area contributed by atoms with Gasteiger partial charge in [-0.15, -0.1) is 0 Å². The van der Waals surface area contributed by atoms with E-state index >= 15 is 0 Å². The second-order valence-corrected chi connectivity index (χ2v) is 3.40. The quantitative estimate of drug-likeness (QED) is 0.672. The molecule has 2 heteroatoms. The Kier molecular flexibility index (Phi) is 3.38. The van der Waals surface area contributed by atoms with Gasteiger partial charge in [-0.05, 0) is 31.5 Å². The van der Waals surface area contributed by atoms with Crippen LogP contribution in [0, 0.1) is 6.92 Å². The van der Waals surface area contributed by atoms with Gasteiger partial charge in [-0.25, -0.2) is 0 Å². The van der Waals surface area contributed by atoms with Crippen LogP contribution in [0.15, 0.2) is 30.9 Å². The SMILES string of the molecule is C=CC(C)Oc1cc(C)ccc1Cl. The van der Waals surface area contributed by atoms with Crippen LogP contribution in [0.25, 0.3) is 0 Å². The van der Waals surface area contributed by atoms with Crippen LogP contribution in [-0.2, 0) is 0 Å². The van der Waals surface area contributed by atoms with Crippen LogP contribution in [0.1, 0.15) is 12.5 Å². The molecule has 1 aromatic carbocycles. The van der Waals surface area contributed by atoms with E-state index in [4.69, 9.17) is 16.3 Å². The number of benzene rings is 1. The van der Waals surface area contributed by atoms with Crippen molar-refractivity contribution in [1.82, 2.24) is 0 Å². The van der Waals surface area contributed by atoms with Crippen LogP contribution in [-0.4, -0.2) is 6.10 Å². The van der Waals surface area contributed by atoms with Gasteiger partial charge < -0.3 is 4.74 Å². The van der Waals surface area contributed by atoms with Crippen LogP contribution in [0.2, 0.25) is 5.02 Å². The smallest absolute Gasteiger partial charge is 0.139 e. The number of ether oxygens (including phenoxy) is 1. The standard InChI is InChI=1S/C11H13ClO/c1-4-9(3)13-11-7-8(2)5-6-10(11)12/h4-7,9H,1H2,2-3H3. The fourth-order valence-corrected chi connectivity index (χ4v) is 1.11. The lowest BCUT2D eigenvalue weighted by molar-refractivity contribution is 0.270. The monoisotopic (exact) mass is 196 g/mol. The van der Waals surface area contributed by atoms with Gasteiger partial charge in [0.25, 0.3) is 0 Å². The Bertz CT molecular complexity index is 307. The van der Waals surface area contributed by atoms with Gasteiger partial charge in [0.05, 0.1) is 5.02 Å². The molecular formula is C11H13ClO. The molecule has 0 aliphatic carbocycles. The van der Waals surface area contributed by atoms with E-state index in [-0.39, 0.29) is 6.10 Å². The number of hydrogen-bond acceptors (Lipinski definition) is 1. The van der Waals surface area contributed by atoms with Gasteiger partial charge in [0.2, 0.25) is 0 Å². The average Bonchev–Trinajstić information content (AvgIpc) is 2.11. The maximum Gasteiger partial charge on any atom is 0.139 e. The van der Waals surface area contributed by atoms with Gasteiger partial charge in [-0.3, -0.25) is 0 Å². The summed E-state index contributed by atoms with van der Waals surface area (Å²) in [4.78, 5) is 0. The highest BCUT2D eigenvalue weighted by Crippen LogP contribution is 2.26. The molecule has 0 aromatic heterocycles. The topological polar surface area (TPSA) is 9.23 Å². The van der Waals surface area contributed by atoms with E-state index in [1.165, 1.54) is 0 Å². The molecule has 1 unspecified atom stereocenters. The molecule has 1 atom stereocenters. The van der Waals surface area contributed by atoms with E-state index in [1.54, 1.807) is 6.08 Å². The third-order valence-corrected chi connectivity index (χ3v) is 2.04. The van der Waals surface area contributed by atoms with Crippen molar-refractivity contribution in [2.24, 2.45) is 0 Å². The molecule has 0 bridgehead atoms. The first-order valence-electron chi connectivity index (χ1n) is 4.19. The Hall–Kier alpha value is -0.950. The molecule has 0 spiro atoms. The minimum atomic E-state index is -0.0145. The third kappa shape index (κ3) is 2.78. The lowest BCUT2D eigenvalue weighted by Gasteiger charge is -2.12. The predicted octanol–water partition coefficient (Wildman–Crippen LogP) is 3.60. The Labute approximate surface area is 84.0 Å². The molecular weight excluding hydrogens is 184 g/mol. The minimum Gasteiger partial charge on any atom is -0.485 e.